The summed E-state index contributed by atoms with van der Waals surface area (Å²) in [5, 5.41) is 0.700. The van der Waals surface area contributed by atoms with Gasteiger partial charge in [0.05, 0.1) is 0 Å². The van der Waals surface area contributed by atoms with Gasteiger partial charge in [0.1, 0.15) is 17.1 Å². The maximum atomic E-state index is 13.5. The van der Waals surface area contributed by atoms with Crippen LogP contribution in [0.5, 0.6) is 0 Å². The minimum absolute atomic E-state index is 0.0504. The Labute approximate surface area is 146 Å². The summed E-state index contributed by atoms with van der Waals surface area (Å²) in [4.78, 5) is 29.7. The molecule has 0 aliphatic carbocycles. The molecule has 3 heterocycles. The van der Waals surface area contributed by atoms with E-state index in [1.165, 1.54) is 12.1 Å². The molecule has 2 saturated heterocycles. The van der Waals surface area contributed by atoms with Crippen molar-refractivity contribution in [3.05, 3.63) is 35.8 Å². The number of fused-ring (bicyclic) bond motifs is 1. The van der Waals surface area contributed by atoms with E-state index in [2.05, 4.69) is 0 Å². The Morgan fingerprint density at radius 2 is 1.84 bits per heavy atom. The van der Waals surface area contributed by atoms with Crippen molar-refractivity contribution in [2.45, 2.75) is 31.2 Å². The molecule has 1 aromatic heterocycles. The van der Waals surface area contributed by atoms with Gasteiger partial charge < -0.3 is 14.4 Å². The summed E-state index contributed by atoms with van der Waals surface area (Å²) in [6.07, 6.45) is 3.19. The second-order valence-electron chi connectivity index (χ2n) is 7.21. The molecule has 2 aliphatic heterocycles. The molecule has 0 N–H and O–H groups in total. The first kappa shape index (κ1) is 16.1. The molecule has 0 radical (unpaired) electrons. The number of likely N-dealkylation sites (N-methyl/N-ethyl adjacent to an activating group) is 1. The third-order valence-electron chi connectivity index (χ3n) is 5.79. The van der Waals surface area contributed by atoms with Gasteiger partial charge in [-0.3, -0.25) is 9.59 Å². The maximum Gasteiger partial charge on any atom is 0.271 e. The largest absolute Gasteiger partial charge is 0.344 e. The fourth-order valence-electron chi connectivity index (χ4n) is 4.49. The molecular formula is C19H22FN3O2. The Bertz CT molecular complexity index is 875. The highest BCUT2D eigenvalue weighted by atomic mass is 19.1. The van der Waals surface area contributed by atoms with Gasteiger partial charge in [0.2, 0.25) is 5.91 Å². The number of hydrogen-bond donors (Lipinski definition) is 0. The average molecular weight is 343 g/mol. The van der Waals surface area contributed by atoms with Crippen molar-refractivity contribution in [3.8, 4) is 0 Å². The number of nitrogens with zero attached hydrogens (tertiary/aromatic N) is 3. The third kappa shape index (κ3) is 2.27. The number of aryl methyl sites for hydroxylation is 1. The molecule has 132 valence electrons. The van der Waals surface area contributed by atoms with Crippen molar-refractivity contribution in [1.82, 2.24) is 14.4 Å². The Morgan fingerprint density at radius 1 is 1.12 bits per heavy atom. The number of amides is 2. The first-order chi connectivity index (χ1) is 11.9. The van der Waals surface area contributed by atoms with Crippen LogP contribution in [0.25, 0.3) is 10.9 Å². The second kappa shape index (κ2) is 5.58. The number of carbonyl (C=O) groups excluding carboxylic acids is 2. The number of benzene rings is 1. The molecule has 1 aromatic carbocycles. The van der Waals surface area contributed by atoms with Crippen molar-refractivity contribution in [2.75, 3.05) is 20.1 Å². The van der Waals surface area contributed by atoms with Gasteiger partial charge in [0, 0.05) is 38.1 Å². The number of halogens is 1. The molecule has 2 aromatic rings. The minimum Gasteiger partial charge on any atom is -0.344 e. The molecule has 6 heteroatoms. The Morgan fingerprint density at radius 3 is 2.60 bits per heavy atom. The second-order valence-corrected chi connectivity index (χ2v) is 7.21. The Kier molecular flexibility index (Phi) is 3.60. The van der Waals surface area contributed by atoms with E-state index in [1.54, 1.807) is 26.5 Å². The molecule has 1 unspecified atom stereocenters. The van der Waals surface area contributed by atoms with E-state index < -0.39 is 5.54 Å². The van der Waals surface area contributed by atoms with E-state index in [4.69, 9.17) is 0 Å². The van der Waals surface area contributed by atoms with Crippen LogP contribution in [0.4, 0.5) is 4.39 Å². The molecule has 4 rings (SSSR count). The molecule has 1 atom stereocenters. The van der Waals surface area contributed by atoms with E-state index in [0.29, 0.717) is 17.6 Å². The van der Waals surface area contributed by atoms with Crippen molar-refractivity contribution < 1.29 is 14.0 Å². The maximum absolute atomic E-state index is 13.5. The van der Waals surface area contributed by atoms with Gasteiger partial charge in [-0.05, 0) is 49.9 Å². The zero-order valence-corrected chi connectivity index (χ0v) is 14.6. The van der Waals surface area contributed by atoms with Crippen molar-refractivity contribution in [3.63, 3.8) is 0 Å². The van der Waals surface area contributed by atoms with Gasteiger partial charge in [0.15, 0.2) is 0 Å². The minimum atomic E-state index is -0.703. The van der Waals surface area contributed by atoms with Gasteiger partial charge in [-0.25, -0.2) is 4.39 Å². The summed E-state index contributed by atoms with van der Waals surface area (Å²) in [5.41, 5.74) is 0.610. The van der Waals surface area contributed by atoms with Gasteiger partial charge in [-0.15, -0.1) is 0 Å². The lowest BCUT2D eigenvalue weighted by molar-refractivity contribution is -0.144. The van der Waals surface area contributed by atoms with E-state index in [9.17, 15) is 14.0 Å². The lowest BCUT2D eigenvalue weighted by Crippen LogP contribution is -2.60. The smallest absolute Gasteiger partial charge is 0.271 e. The molecule has 5 nitrogen and oxygen atoms in total. The van der Waals surface area contributed by atoms with Crippen LogP contribution in [-0.4, -0.2) is 51.9 Å². The van der Waals surface area contributed by atoms with Crippen LogP contribution in [0.1, 0.15) is 36.2 Å². The molecule has 2 fully saturated rings. The topological polar surface area (TPSA) is 45.5 Å². The van der Waals surface area contributed by atoms with Gasteiger partial charge >= 0.3 is 0 Å². The number of carbonyl (C=O) groups is 2. The van der Waals surface area contributed by atoms with Crippen LogP contribution in [0.3, 0.4) is 0 Å². The normalized spacial score (nSPS) is 23.9. The van der Waals surface area contributed by atoms with Gasteiger partial charge in [-0.1, -0.05) is 0 Å². The fourth-order valence-corrected chi connectivity index (χ4v) is 4.49. The van der Waals surface area contributed by atoms with Crippen LogP contribution in [0.2, 0.25) is 0 Å². The SMILES string of the molecule is CN1CCCC2(CCCN2C(=O)c2cc3cc(F)ccc3n2C)C1=O. The molecule has 2 aliphatic rings. The molecule has 2 amide bonds. The summed E-state index contributed by atoms with van der Waals surface area (Å²) in [5.74, 6) is -0.409. The highest BCUT2D eigenvalue weighted by Crippen LogP contribution is 2.39. The predicted octanol–water partition coefficient (Wildman–Crippen LogP) is 2.54. The van der Waals surface area contributed by atoms with Crippen LogP contribution in [0, 0.1) is 5.82 Å². The van der Waals surface area contributed by atoms with Crippen molar-refractivity contribution in [2.24, 2.45) is 7.05 Å². The quantitative estimate of drug-likeness (QED) is 0.799. The lowest BCUT2D eigenvalue weighted by Gasteiger charge is -2.43. The van der Waals surface area contributed by atoms with Crippen LogP contribution in [-0.2, 0) is 11.8 Å². The molecule has 0 saturated carbocycles. The summed E-state index contributed by atoms with van der Waals surface area (Å²) in [6, 6.07) is 6.24. The number of rotatable bonds is 1. The number of aromatic nitrogens is 1. The predicted molar refractivity (Wildman–Crippen MR) is 92.7 cm³/mol. The summed E-state index contributed by atoms with van der Waals surface area (Å²) in [7, 11) is 3.62. The van der Waals surface area contributed by atoms with E-state index in [-0.39, 0.29) is 17.6 Å². The van der Waals surface area contributed by atoms with E-state index in [1.807, 2.05) is 14.1 Å². The highest BCUT2D eigenvalue weighted by molar-refractivity contribution is 6.02. The number of piperidine rings is 1. The summed E-state index contributed by atoms with van der Waals surface area (Å²) < 4.78 is 15.3. The van der Waals surface area contributed by atoms with E-state index >= 15 is 0 Å². The van der Waals surface area contributed by atoms with E-state index in [0.717, 1.165) is 37.7 Å². The molecular weight excluding hydrogens is 321 g/mol. The average Bonchev–Trinajstić information content (AvgIpc) is 3.14. The Balaban J connectivity index is 1.75. The zero-order chi connectivity index (χ0) is 17.8. The van der Waals surface area contributed by atoms with Gasteiger partial charge in [0.25, 0.3) is 5.91 Å². The summed E-state index contributed by atoms with van der Waals surface area (Å²) >= 11 is 0. The van der Waals surface area contributed by atoms with Crippen molar-refractivity contribution in [1.29, 1.82) is 0 Å². The monoisotopic (exact) mass is 343 g/mol. The van der Waals surface area contributed by atoms with Crippen LogP contribution < -0.4 is 0 Å². The third-order valence-corrected chi connectivity index (χ3v) is 5.79. The molecule has 1 spiro atoms. The van der Waals surface area contributed by atoms with Crippen LogP contribution in [0.15, 0.2) is 24.3 Å². The molecule has 0 bridgehead atoms. The lowest BCUT2D eigenvalue weighted by atomic mass is 9.85. The molecule has 25 heavy (non-hydrogen) atoms. The first-order valence-electron chi connectivity index (χ1n) is 8.76. The van der Waals surface area contributed by atoms with Crippen molar-refractivity contribution >= 4 is 22.7 Å². The Hall–Kier alpha value is -2.37. The highest BCUT2D eigenvalue weighted by Gasteiger charge is 2.52. The van der Waals surface area contributed by atoms with Crippen LogP contribution >= 0.6 is 0 Å². The number of hydrogen-bond acceptors (Lipinski definition) is 2. The first-order valence-corrected chi connectivity index (χ1v) is 8.76. The number of likely N-dealkylation sites (tertiary alicyclic amines) is 2. The zero-order valence-electron chi connectivity index (χ0n) is 14.6. The fraction of sp³-hybridized carbons (Fsp3) is 0.474. The summed E-state index contributed by atoms with van der Waals surface area (Å²) in [6.45, 7) is 1.34. The van der Waals surface area contributed by atoms with Gasteiger partial charge in [-0.2, -0.15) is 0 Å². The standard InChI is InChI=1S/C19H22FN3O2/c1-21-9-3-7-19(18(21)25)8-4-10-23(19)17(24)16-12-13-11-14(20)5-6-15(13)22(16)2/h5-6,11-12H,3-4,7-10H2,1-2H3.